The van der Waals surface area contributed by atoms with E-state index < -0.39 is 0 Å². The summed E-state index contributed by atoms with van der Waals surface area (Å²) >= 11 is 1.66. The van der Waals surface area contributed by atoms with Crippen molar-refractivity contribution >= 4 is 16.3 Å². The summed E-state index contributed by atoms with van der Waals surface area (Å²) in [6, 6.07) is 2.16. The lowest BCUT2D eigenvalue weighted by atomic mass is 9.89. The second-order valence-corrected chi connectivity index (χ2v) is 6.76. The largest absolute Gasteiger partial charge is 0.390 e. The van der Waals surface area contributed by atoms with Crippen molar-refractivity contribution in [1.82, 2.24) is 14.8 Å². The van der Waals surface area contributed by atoms with Crippen LogP contribution in [-0.4, -0.2) is 14.8 Å². The van der Waals surface area contributed by atoms with Gasteiger partial charge >= 0.3 is 0 Å². The van der Waals surface area contributed by atoms with Crippen LogP contribution in [0, 0.1) is 0 Å². The topological polar surface area (TPSA) is 56.7 Å². The fourth-order valence-corrected chi connectivity index (χ4v) is 3.84. The summed E-state index contributed by atoms with van der Waals surface area (Å²) in [4.78, 5) is 6.10. The Morgan fingerprint density at radius 3 is 2.75 bits per heavy atom. The lowest BCUT2D eigenvalue weighted by Crippen LogP contribution is -2.06. The summed E-state index contributed by atoms with van der Waals surface area (Å²) in [6.45, 7) is 2.15. The highest BCUT2D eigenvalue weighted by molar-refractivity contribution is 7.16. The number of nitrogens with two attached hydrogens (primary N) is 1. The molecule has 0 radical (unpaired) electrons. The molecule has 0 unspecified atom stereocenters. The zero-order chi connectivity index (χ0) is 14.1. The van der Waals surface area contributed by atoms with Crippen LogP contribution in [0.1, 0.15) is 55.6 Å². The fourth-order valence-electron chi connectivity index (χ4n) is 2.98. The summed E-state index contributed by atoms with van der Waals surface area (Å²) in [7, 11) is 1.97. The number of nitrogen functional groups attached to an aromatic ring is 1. The van der Waals surface area contributed by atoms with Crippen molar-refractivity contribution in [2.45, 2.75) is 51.4 Å². The van der Waals surface area contributed by atoms with Gasteiger partial charge in [0.25, 0.3) is 0 Å². The predicted octanol–water partition coefficient (Wildman–Crippen LogP) is 3.74. The first-order valence-corrected chi connectivity index (χ1v) is 8.30. The molecule has 1 aliphatic carbocycles. The molecule has 2 N–H and O–H groups in total. The standard InChI is InChI=1S/C15H22N4S/c1-3-11-9-12(13(16)20-11)15-17-14(18-19(15)2)10-7-5-4-6-8-10/h9-10H,3-8,16H2,1-2H3. The molecule has 20 heavy (non-hydrogen) atoms. The third-order valence-electron chi connectivity index (χ3n) is 4.15. The molecule has 0 atom stereocenters. The van der Waals surface area contributed by atoms with Crippen molar-refractivity contribution in [1.29, 1.82) is 0 Å². The third-order valence-corrected chi connectivity index (χ3v) is 5.26. The fraction of sp³-hybridized carbons (Fsp3) is 0.600. The lowest BCUT2D eigenvalue weighted by molar-refractivity contribution is 0.427. The van der Waals surface area contributed by atoms with Crippen molar-refractivity contribution in [2.75, 3.05) is 5.73 Å². The maximum absolute atomic E-state index is 6.14. The number of thiophene rings is 1. The molecule has 2 aromatic heterocycles. The molecule has 1 fully saturated rings. The van der Waals surface area contributed by atoms with Crippen molar-refractivity contribution < 1.29 is 0 Å². The van der Waals surface area contributed by atoms with Crippen LogP contribution in [0.4, 0.5) is 5.00 Å². The van der Waals surface area contributed by atoms with Gasteiger partial charge in [0.05, 0.1) is 10.6 Å². The number of anilines is 1. The van der Waals surface area contributed by atoms with Gasteiger partial charge in [0.15, 0.2) is 11.6 Å². The highest BCUT2D eigenvalue weighted by Crippen LogP contribution is 2.35. The molecule has 0 aromatic carbocycles. The Labute approximate surface area is 124 Å². The van der Waals surface area contributed by atoms with E-state index in [9.17, 15) is 0 Å². The summed E-state index contributed by atoms with van der Waals surface area (Å²) in [6.07, 6.45) is 7.43. The molecule has 108 valence electrons. The summed E-state index contributed by atoms with van der Waals surface area (Å²) in [5.74, 6) is 2.46. The van der Waals surface area contributed by atoms with Crippen molar-refractivity contribution in [3.8, 4) is 11.4 Å². The van der Waals surface area contributed by atoms with E-state index in [1.54, 1.807) is 11.3 Å². The van der Waals surface area contributed by atoms with E-state index in [1.807, 2.05) is 11.7 Å². The van der Waals surface area contributed by atoms with Gasteiger partial charge in [0.2, 0.25) is 0 Å². The van der Waals surface area contributed by atoms with Gasteiger partial charge in [-0.05, 0) is 25.3 Å². The maximum atomic E-state index is 6.14. The van der Waals surface area contributed by atoms with E-state index in [2.05, 4.69) is 18.1 Å². The normalized spacial score (nSPS) is 16.7. The average molecular weight is 290 g/mol. The molecule has 1 aliphatic rings. The quantitative estimate of drug-likeness (QED) is 0.937. The summed E-state index contributed by atoms with van der Waals surface area (Å²) in [5.41, 5.74) is 7.19. The van der Waals surface area contributed by atoms with Crippen LogP contribution in [0.25, 0.3) is 11.4 Å². The molecule has 2 heterocycles. The van der Waals surface area contributed by atoms with E-state index in [1.165, 1.54) is 37.0 Å². The molecule has 0 saturated heterocycles. The predicted molar refractivity (Wildman–Crippen MR) is 83.9 cm³/mol. The Kier molecular flexibility index (Phi) is 3.78. The molecule has 0 aliphatic heterocycles. The Hall–Kier alpha value is -1.36. The minimum atomic E-state index is 0.536. The van der Waals surface area contributed by atoms with Gasteiger partial charge < -0.3 is 5.73 Å². The minimum Gasteiger partial charge on any atom is -0.390 e. The van der Waals surface area contributed by atoms with E-state index in [4.69, 9.17) is 10.7 Å². The number of rotatable bonds is 3. The number of hydrogen-bond donors (Lipinski definition) is 1. The van der Waals surface area contributed by atoms with Gasteiger partial charge in [-0.3, -0.25) is 0 Å². The Morgan fingerprint density at radius 2 is 2.10 bits per heavy atom. The smallest absolute Gasteiger partial charge is 0.161 e. The maximum Gasteiger partial charge on any atom is 0.161 e. The van der Waals surface area contributed by atoms with Crippen LogP contribution in [0.15, 0.2) is 6.07 Å². The SMILES string of the molecule is CCc1cc(-c2nc(C3CCCCC3)nn2C)c(N)s1. The van der Waals surface area contributed by atoms with E-state index in [0.29, 0.717) is 5.92 Å². The lowest BCUT2D eigenvalue weighted by Gasteiger charge is -2.18. The van der Waals surface area contributed by atoms with Crippen LogP contribution in [0.2, 0.25) is 0 Å². The Balaban J connectivity index is 1.93. The van der Waals surface area contributed by atoms with Crippen LogP contribution in [0.5, 0.6) is 0 Å². The first kappa shape index (κ1) is 13.6. The van der Waals surface area contributed by atoms with Crippen LogP contribution in [-0.2, 0) is 13.5 Å². The molecule has 1 saturated carbocycles. The van der Waals surface area contributed by atoms with Gasteiger partial charge in [-0.15, -0.1) is 11.3 Å². The third kappa shape index (κ3) is 2.46. The molecule has 0 spiro atoms. The van der Waals surface area contributed by atoms with Crippen LogP contribution in [0.3, 0.4) is 0 Å². The highest BCUT2D eigenvalue weighted by Gasteiger charge is 2.22. The van der Waals surface area contributed by atoms with E-state index >= 15 is 0 Å². The van der Waals surface area contributed by atoms with Gasteiger partial charge in [-0.2, -0.15) is 5.10 Å². The zero-order valence-corrected chi connectivity index (χ0v) is 13.0. The van der Waals surface area contributed by atoms with E-state index in [-0.39, 0.29) is 0 Å². The number of aryl methyl sites for hydroxylation is 2. The summed E-state index contributed by atoms with van der Waals surface area (Å²) < 4.78 is 1.89. The minimum absolute atomic E-state index is 0.536. The van der Waals surface area contributed by atoms with Crippen LogP contribution < -0.4 is 5.73 Å². The number of aromatic nitrogens is 3. The highest BCUT2D eigenvalue weighted by atomic mass is 32.1. The molecule has 5 heteroatoms. The zero-order valence-electron chi connectivity index (χ0n) is 12.2. The first-order chi connectivity index (χ1) is 9.69. The van der Waals surface area contributed by atoms with Crippen molar-refractivity contribution in [2.24, 2.45) is 7.05 Å². The summed E-state index contributed by atoms with van der Waals surface area (Å²) in [5, 5.41) is 5.50. The molecule has 3 rings (SSSR count). The molecule has 0 amide bonds. The first-order valence-electron chi connectivity index (χ1n) is 7.48. The molecule has 2 aromatic rings. The van der Waals surface area contributed by atoms with Crippen molar-refractivity contribution in [3.05, 3.63) is 16.8 Å². The monoisotopic (exact) mass is 290 g/mol. The molecular weight excluding hydrogens is 268 g/mol. The second-order valence-electron chi connectivity index (χ2n) is 5.60. The van der Waals surface area contributed by atoms with Gasteiger partial charge in [-0.25, -0.2) is 9.67 Å². The van der Waals surface area contributed by atoms with E-state index in [0.717, 1.165) is 28.6 Å². The van der Waals surface area contributed by atoms with Crippen molar-refractivity contribution in [3.63, 3.8) is 0 Å². The molecular formula is C15H22N4S. The van der Waals surface area contributed by atoms with Gasteiger partial charge in [0, 0.05) is 17.8 Å². The van der Waals surface area contributed by atoms with Gasteiger partial charge in [-0.1, -0.05) is 26.2 Å². The number of nitrogens with zero attached hydrogens (tertiary/aromatic N) is 3. The Bertz CT molecular complexity index is 593. The molecule has 0 bridgehead atoms. The van der Waals surface area contributed by atoms with Gasteiger partial charge in [0.1, 0.15) is 0 Å². The molecule has 4 nitrogen and oxygen atoms in total. The average Bonchev–Trinajstić information content (AvgIpc) is 3.02. The second kappa shape index (κ2) is 5.56. The van der Waals surface area contributed by atoms with Crippen LogP contribution >= 0.6 is 11.3 Å². The number of hydrogen-bond acceptors (Lipinski definition) is 4. The Morgan fingerprint density at radius 1 is 1.35 bits per heavy atom.